The maximum Gasteiger partial charge on any atom is 0.243 e. The monoisotopic (exact) mass is 101 g/mol. The van der Waals surface area contributed by atoms with Gasteiger partial charge in [0, 0.05) is 7.97 Å². The largest absolute Gasteiger partial charge is 0.353 e. The van der Waals surface area contributed by atoms with Crippen molar-refractivity contribution in [1.82, 2.24) is 5.32 Å². The minimum Gasteiger partial charge on any atom is -0.353 e. The predicted octanol–water partition coefficient (Wildman–Crippen LogP) is 0.554. The van der Waals surface area contributed by atoms with Crippen LogP contribution < -0.4 is 5.32 Å². The van der Waals surface area contributed by atoms with Gasteiger partial charge in [-0.1, -0.05) is 6.58 Å². The van der Waals surface area contributed by atoms with Gasteiger partial charge in [0.05, 0.1) is 0 Å². The third kappa shape index (κ3) is 3.03. The Morgan fingerprint density at radius 3 is 2.86 bits per heavy atom. The summed E-state index contributed by atoms with van der Waals surface area (Å²) in [5.74, 6) is -0.109. The Labute approximate surface area is 44.7 Å². The van der Waals surface area contributed by atoms with Crippen molar-refractivity contribution in [3.63, 3.8) is 0 Å². The van der Waals surface area contributed by atoms with Crippen molar-refractivity contribution in [2.75, 3.05) is 6.54 Å². The summed E-state index contributed by atoms with van der Waals surface area (Å²) >= 11 is 0. The number of nitrogens with one attached hydrogen (secondary N) is 1. The van der Waals surface area contributed by atoms with E-state index in [0.29, 0.717) is 6.54 Å². The molecule has 42 valence electrons. The molecule has 0 saturated heterocycles. The molecule has 1 N–H and O–H groups in total. The first kappa shape index (κ1) is 6.21. The van der Waals surface area contributed by atoms with Gasteiger partial charge in [-0.05, 0) is 13.0 Å². The van der Waals surface area contributed by atoms with E-state index >= 15 is 0 Å². The second-order valence-electron chi connectivity index (χ2n) is 1.10. The Morgan fingerprint density at radius 1 is 2.14 bits per heavy atom. The molecule has 0 aromatic heterocycles. The number of carbonyl (C=O) groups excluding carboxylic acids is 1. The summed E-state index contributed by atoms with van der Waals surface area (Å²) in [5.41, 5.74) is 0. The quantitative estimate of drug-likeness (QED) is 0.506. The van der Waals surface area contributed by atoms with Gasteiger partial charge in [0.1, 0.15) is 0 Å². The fraction of sp³-hybridized carbons (Fsp3) is 0.400. The second kappa shape index (κ2) is 3.40. The number of hydrogen-bond acceptors (Lipinski definition) is 1. The van der Waals surface area contributed by atoms with Crippen molar-refractivity contribution >= 4 is 5.91 Å². The van der Waals surface area contributed by atoms with Crippen LogP contribution in [0.25, 0.3) is 0 Å². The number of hydrogen-bond donors (Lipinski definition) is 1. The van der Waals surface area contributed by atoms with Crippen molar-refractivity contribution in [3.8, 4) is 0 Å². The molecule has 1 amide bonds. The zero-order valence-electron chi connectivity index (χ0n) is 4.40. The minimum absolute atomic E-state index is 0. The first-order valence-corrected chi connectivity index (χ1v) is 2.21. The molecule has 0 rings (SSSR count). The van der Waals surface area contributed by atoms with Crippen LogP contribution in [0.4, 0.5) is 0 Å². The summed E-state index contributed by atoms with van der Waals surface area (Å²) in [4.78, 5) is 10.2. The Balaban J connectivity index is 0. The van der Waals surface area contributed by atoms with Crippen molar-refractivity contribution in [3.05, 3.63) is 12.7 Å². The molecule has 0 aliphatic heterocycles. The van der Waals surface area contributed by atoms with Crippen LogP contribution in [-0.2, 0) is 4.79 Å². The van der Waals surface area contributed by atoms with Crippen molar-refractivity contribution in [2.24, 2.45) is 0 Å². The lowest BCUT2D eigenvalue weighted by molar-refractivity contribution is -0.116. The third-order valence-electron chi connectivity index (χ3n) is 0.536. The molecular formula is C5H11NO. The van der Waals surface area contributed by atoms with E-state index in [1.807, 2.05) is 6.92 Å². The van der Waals surface area contributed by atoms with E-state index in [4.69, 9.17) is 0 Å². The van der Waals surface area contributed by atoms with E-state index in [1.165, 1.54) is 6.08 Å². The predicted molar refractivity (Wildman–Crippen MR) is 31.0 cm³/mol. The van der Waals surface area contributed by atoms with Crippen LogP contribution in [0.3, 0.4) is 0 Å². The maximum absolute atomic E-state index is 10.2. The fourth-order valence-corrected chi connectivity index (χ4v) is 0.246. The molecule has 0 fully saturated rings. The SMILES string of the molecule is C=CC(=O)NCC.[HH]. The van der Waals surface area contributed by atoms with E-state index < -0.39 is 0 Å². The molecule has 0 heterocycles. The van der Waals surface area contributed by atoms with Gasteiger partial charge in [0.2, 0.25) is 5.91 Å². The van der Waals surface area contributed by atoms with Crippen LogP contribution in [0.15, 0.2) is 12.7 Å². The highest BCUT2D eigenvalue weighted by molar-refractivity contribution is 5.86. The Bertz CT molecular complexity index is 82.5. The van der Waals surface area contributed by atoms with E-state index in [0.717, 1.165) is 0 Å². The summed E-state index contributed by atoms with van der Waals surface area (Å²) in [7, 11) is 0. The first-order valence-electron chi connectivity index (χ1n) is 2.21. The topological polar surface area (TPSA) is 29.1 Å². The number of amides is 1. The smallest absolute Gasteiger partial charge is 0.243 e. The van der Waals surface area contributed by atoms with E-state index in [9.17, 15) is 4.79 Å². The molecular weight excluding hydrogens is 90.1 g/mol. The summed E-state index contributed by atoms with van der Waals surface area (Å²) in [6, 6.07) is 0. The number of carbonyl (C=O) groups is 1. The Hall–Kier alpha value is -0.790. The zero-order chi connectivity index (χ0) is 5.70. The lowest BCUT2D eigenvalue weighted by atomic mass is 10.6. The second-order valence-corrected chi connectivity index (χ2v) is 1.10. The molecule has 2 nitrogen and oxygen atoms in total. The zero-order valence-corrected chi connectivity index (χ0v) is 4.40. The molecule has 0 spiro atoms. The van der Waals surface area contributed by atoms with Crippen LogP contribution in [0.1, 0.15) is 8.35 Å². The summed E-state index contributed by atoms with van der Waals surface area (Å²) in [5, 5.41) is 2.54. The van der Waals surface area contributed by atoms with Gasteiger partial charge in [-0.2, -0.15) is 0 Å². The lowest BCUT2D eigenvalue weighted by Crippen LogP contribution is -2.19. The van der Waals surface area contributed by atoms with E-state index in [1.54, 1.807) is 0 Å². The van der Waals surface area contributed by atoms with Crippen LogP contribution in [-0.4, -0.2) is 12.5 Å². The molecule has 0 unspecified atom stereocenters. The molecule has 0 atom stereocenters. The highest BCUT2D eigenvalue weighted by Crippen LogP contribution is 1.61. The van der Waals surface area contributed by atoms with Crippen molar-refractivity contribution in [2.45, 2.75) is 6.92 Å². The molecule has 0 radical (unpaired) electrons. The van der Waals surface area contributed by atoms with E-state index in [2.05, 4.69) is 11.9 Å². The lowest BCUT2D eigenvalue weighted by Gasteiger charge is -1.90. The van der Waals surface area contributed by atoms with Gasteiger partial charge in [0.15, 0.2) is 0 Å². The van der Waals surface area contributed by atoms with E-state index in [-0.39, 0.29) is 7.33 Å². The van der Waals surface area contributed by atoms with Gasteiger partial charge >= 0.3 is 0 Å². The minimum atomic E-state index is -0.109. The van der Waals surface area contributed by atoms with Gasteiger partial charge in [-0.3, -0.25) is 4.79 Å². The summed E-state index contributed by atoms with van der Waals surface area (Å²) in [6.45, 7) is 5.80. The fourth-order valence-electron chi connectivity index (χ4n) is 0.246. The standard InChI is InChI=1S/C5H9NO.H2/c1-3-5(7)6-4-2;/h3H,1,4H2,2H3,(H,6,7);1H. The Kier molecular flexibility index (Phi) is 3.02. The summed E-state index contributed by atoms with van der Waals surface area (Å²) in [6.07, 6.45) is 1.25. The van der Waals surface area contributed by atoms with Crippen LogP contribution in [0, 0.1) is 0 Å². The van der Waals surface area contributed by atoms with Crippen LogP contribution in [0.2, 0.25) is 0 Å². The Morgan fingerprint density at radius 2 is 2.71 bits per heavy atom. The molecule has 2 heteroatoms. The molecule has 0 aromatic rings. The average molecular weight is 101 g/mol. The normalized spacial score (nSPS) is 7.57. The molecule has 0 bridgehead atoms. The molecule has 0 aliphatic carbocycles. The molecule has 7 heavy (non-hydrogen) atoms. The third-order valence-corrected chi connectivity index (χ3v) is 0.536. The van der Waals surface area contributed by atoms with Crippen molar-refractivity contribution < 1.29 is 6.22 Å². The highest BCUT2D eigenvalue weighted by atomic mass is 16.1. The summed E-state index contributed by atoms with van der Waals surface area (Å²) < 4.78 is 0. The first-order chi connectivity index (χ1) is 3.31. The van der Waals surface area contributed by atoms with Gasteiger partial charge in [0.25, 0.3) is 0 Å². The average Bonchev–Trinajstić information content (AvgIpc) is 1.68. The number of likely N-dealkylation sites (N-methyl/N-ethyl adjacent to an activating group) is 1. The van der Waals surface area contributed by atoms with Gasteiger partial charge < -0.3 is 5.32 Å². The maximum atomic E-state index is 10.2. The van der Waals surface area contributed by atoms with Crippen molar-refractivity contribution in [1.29, 1.82) is 0 Å². The molecule has 0 aromatic carbocycles. The number of rotatable bonds is 2. The molecule has 0 aliphatic rings. The van der Waals surface area contributed by atoms with Crippen LogP contribution in [0.5, 0.6) is 0 Å². The molecule has 0 saturated carbocycles. The highest BCUT2D eigenvalue weighted by Gasteiger charge is 1.83. The van der Waals surface area contributed by atoms with Gasteiger partial charge in [-0.15, -0.1) is 0 Å². The van der Waals surface area contributed by atoms with Gasteiger partial charge in [-0.25, -0.2) is 0 Å². The van der Waals surface area contributed by atoms with Crippen LogP contribution >= 0.6 is 0 Å².